The number of rotatable bonds is 6. The van der Waals surface area contributed by atoms with Gasteiger partial charge in [0.1, 0.15) is 23.7 Å². The third kappa shape index (κ3) is 5.10. The van der Waals surface area contributed by atoms with Crippen LogP contribution in [0.1, 0.15) is 12.5 Å². The minimum atomic E-state index is -4.40. The monoisotopic (exact) mass is 374 g/mol. The Morgan fingerprint density at radius 1 is 0.889 bits per heavy atom. The van der Waals surface area contributed by atoms with Gasteiger partial charge in [-0.3, -0.25) is 0 Å². The van der Waals surface area contributed by atoms with Gasteiger partial charge in [0.25, 0.3) is 0 Å². The number of hydrogen-bond acceptors (Lipinski definition) is 5. The third-order valence-electron chi connectivity index (χ3n) is 3.57. The molecule has 0 aliphatic rings. The summed E-state index contributed by atoms with van der Waals surface area (Å²) in [6, 6.07) is 13.9. The largest absolute Gasteiger partial charge is 0.494 e. The number of aromatic nitrogens is 2. The highest BCUT2D eigenvalue weighted by atomic mass is 19.4. The molecule has 3 aromatic rings. The standard InChI is InChI=1S/C19H17F3N4O/c1-2-27-16-8-6-14(7-9-16)25-17-11-18(24-12-23-17)26-15-5-3-4-13(10-15)19(20,21)22/h3-12H,2H2,1H3,(H2,23,24,25,26). The predicted octanol–water partition coefficient (Wildman–Crippen LogP) is 5.38. The van der Waals surface area contributed by atoms with Gasteiger partial charge in [-0.25, -0.2) is 9.97 Å². The number of nitrogens with one attached hydrogen (secondary N) is 2. The van der Waals surface area contributed by atoms with Crippen LogP contribution in [0.15, 0.2) is 60.9 Å². The van der Waals surface area contributed by atoms with Crippen molar-refractivity contribution in [3.63, 3.8) is 0 Å². The lowest BCUT2D eigenvalue weighted by Crippen LogP contribution is -2.05. The Morgan fingerprint density at radius 3 is 2.19 bits per heavy atom. The summed E-state index contributed by atoms with van der Waals surface area (Å²) in [7, 11) is 0. The van der Waals surface area contributed by atoms with Gasteiger partial charge in [0.15, 0.2) is 0 Å². The zero-order valence-electron chi connectivity index (χ0n) is 14.4. The first-order valence-corrected chi connectivity index (χ1v) is 8.20. The number of alkyl halides is 3. The lowest BCUT2D eigenvalue weighted by atomic mass is 10.2. The van der Waals surface area contributed by atoms with E-state index in [4.69, 9.17) is 4.74 Å². The van der Waals surface area contributed by atoms with Crippen LogP contribution in [0.3, 0.4) is 0 Å². The molecule has 0 radical (unpaired) electrons. The van der Waals surface area contributed by atoms with Gasteiger partial charge in [-0.15, -0.1) is 0 Å². The number of nitrogens with zero attached hydrogens (tertiary/aromatic N) is 2. The molecule has 27 heavy (non-hydrogen) atoms. The molecule has 2 N–H and O–H groups in total. The molecular weight excluding hydrogens is 357 g/mol. The lowest BCUT2D eigenvalue weighted by molar-refractivity contribution is -0.137. The molecule has 3 rings (SSSR count). The van der Waals surface area contributed by atoms with Crippen molar-refractivity contribution in [2.24, 2.45) is 0 Å². The van der Waals surface area contributed by atoms with Crippen molar-refractivity contribution in [3.8, 4) is 5.75 Å². The van der Waals surface area contributed by atoms with Crippen molar-refractivity contribution in [1.29, 1.82) is 0 Å². The Kier molecular flexibility index (Phi) is 5.44. The summed E-state index contributed by atoms with van der Waals surface area (Å²) in [6.07, 6.45) is -3.07. The predicted molar refractivity (Wildman–Crippen MR) is 97.7 cm³/mol. The van der Waals surface area contributed by atoms with Gasteiger partial charge in [0.2, 0.25) is 0 Å². The summed E-state index contributed by atoms with van der Waals surface area (Å²) in [4.78, 5) is 8.16. The van der Waals surface area contributed by atoms with Gasteiger partial charge in [-0.2, -0.15) is 13.2 Å². The van der Waals surface area contributed by atoms with E-state index in [0.717, 1.165) is 23.6 Å². The molecule has 0 atom stereocenters. The van der Waals surface area contributed by atoms with E-state index >= 15 is 0 Å². The van der Waals surface area contributed by atoms with E-state index in [1.54, 1.807) is 6.07 Å². The first kappa shape index (κ1) is 18.5. The number of hydrogen-bond donors (Lipinski definition) is 2. The van der Waals surface area contributed by atoms with Gasteiger partial charge < -0.3 is 15.4 Å². The summed E-state index contributed by atoms with van der Waals surface area (Å²) in [6.45, 7) is 2.50. The molecule has 0 saturated heterocycles. The van der Waals surface area contributed by atoms with E-state index in [1.807, 2.05) is 31.2 Å². The van der Waals surface area contributed by atoms with Crippen LogP contribution in [0.25, 0.3) is 0 Å². The molecule has 0 unspecified atom stereocenters. The van der Waals surface area contributed by atoms with Gasteiger partial charge in [-0.1, -0.05) is 6.07 Å². The molecule has 0 aliphatic carbocycles. The second-order valence-corrected chi connectivity index (χ2v) is 5.57. The smallest absolute Gasteiger partial charge is 0.416 e. The maximum atomic E-state index is 12.8. The van der Waals surface area contributed by atoms with Crippen LogP contribution >= 0.6 is 0 Å². The van der Waals surface area contributed by atoms with Crippen LogP contribution in [0.4, 0.5) is 36.2 Å². The first-order chi connectivity index (χ1) is 12.9. The van der Waals surface area contributed by atoms with Crippen molar-refractivity contribution in [2.45, 2.75) is 13.1 Å². The molecule has 0 aliphatic heterocycles. The number of benzene rings is 2. The average Bonchev–Trinajstić information content (AvgIpc) is 2.63. The summed E-state index contributed by atoms with van der Waals surface area (Å²) >= 11 is 0. The van der Waals surface area contributed by atoms with Crippen LogP contribution < -0.4 is 15.4 Å². The Hall–Kier alpha value is -3.29. The molecule has 0 spiro atoms. The van der Waals surface area contributed by atoms with E-state index in [1.165, 1.54) is 18.5 Å². The molecule has 1 aromatic heterocycles. The van der Waals surface area contributed by atoms with E-state index < -0.39 is 11.7 Å². The molecule has 0 bridgehead atoms. The van der Waals surface area contributed by atoms with Gasteiger partial charge in [0, 0.05) is 17.4 Å². The highest BCUT2D eigenvalue weighted by Crippen LogP contribution is 2.31. The molecule has 140 valence electrons. The highest BCUT2D eigenvalue weighted by Gasteiger charge is 2.30. The number of halogens is 3. The maximum Gasteiger partial charge on any atom is 0.416 e. The fourth-order valence-corrected chi connectivity index (χ4v) is 2.36. The van der Waals surface area contributed by atoms with Crippen LogP contribution in [-0.4, -0.2) is 16.6 Å². The van der Waals surface area contributed by atoms with Crippen molar-refractivity contribution >= 4 is 23.0 Å². The molecular formula is C19H17F3N4O. The van der Waals surface area contributed by atoms with Crippen LogP contribution in [0.2, 0.25) is 0 Å². The third-order valence-corrected chi connectivity index (χ3v) is 3.57. The number of anilines is 4. The van der Waals surface area contributed by atoms with Crippen molar-refractivity contribution < 1.29 is 17.9 Å². The Balaban J connectivity index is 1.72. The topological polar surface area (TPSA) is 59.1 Å². The fourth-order valence-electron chi connectivity index (χ4n) is 2.36. The van der Waals surface area contributed by atoms with Crippen molar-refractivity contribution in [3.05, 3.63) is 66.5 Å². The Bertz CT molecular complexity index is 898. The van der Waals surface area contributed by atoms with E-state index in [0.29, 0.717) is 18.2 Å². The molecule has 0 saturated carbocycles. The van der Waals surface area contributed by atoms with Gasteiger partial charge in [0.05, 0.1) is 12.2 Å². The van der Waals surface area contributed by atoms with Crippen LogP contribution in [0.5, 0.6) is 5.75 Å². The first-order valence-electron chi connectivity index (χ1n) is 8.20. The summed E-state index contributed by atoms with van der Waals surface area (Å²) in [5.41, 5.74) is 0.354. The second-order valence-electron chi connectivity index (χ2n) is 5.57. The van der Waals surface area contributed by atoms with Crippen molar-refractivity contribution in [1.82, 2.24) is 9.97 Å². The highest BCUT2D eigenvalue weighted by molar-refractivity contribution is 5.63. The zero-order valence-corrected chi connectivity index (χ0v) is 14.4. The van der Waals surface area contributed by atoms with Crippen molar-refractivity contribution in [2.75, 3.05) is 17.2 Å². The fraction of sp³-hybridized carbons (Fsp3) is 0.158. The molecule has 1 heterocycles. The molecule has 0 amide bonds. The lowest BCUT2D eigenvalue weighted by Gasteiger charge is -2.11. The van der Waals surface area contributed by atoms with Gasteiger partial charge in [-0.05, 0) is 49.4 Å². The van der Waals surface area contributed by atoms with E-state index in [9.17, 15) is 13.2 Å². The SMILES string of the molecule is CCOc1ccc(Nc2cc(Nc3cccc(C(F)(F)F)c3)ncn2)cc1. The summed E-state index contributed by atoms with van der Waals surface area (Å²) in [5, 5.41) is 5.97. The minimum absolute atomic E-state index is 0.288. The van der Waals surface area contributed by atoms with Crippen LogP contribution in [0, 0.1) is 0 Å². The molecule has 0 fully saturated rings. The van der Waals surface area contributed by atoms with E-state index in [-0.39, 0.29) is 5.69 Å². The quantitative estimate of drug-likeness (QED) is 0.606. The summed E-state index contributed by atoms with van der Waals surface area (Å²) < 4.78 is 43.8. The second kappa shape index (κ2) is 7.94. The minimum Gasteiger partial charge on any atom is -0.494 e. The molecule has 2 aromatic carbocycles. The zero-order chi connectivity index (χ0) is 19.3. The normalized spacial score (nSPS) is 11.1. The Labute approximate surface area is 154 Å². The molecule has 5 nitrogen and oxygen atoms in total. The maximum absolute atomic E-state index is 12.8. The van der Waals surface area contributed by atoms with Crippen LogP contribution in [-0.2, 0) is 6.18 Å². The number of ether oxygens (including phenoxy) is 1. The average molecular weight is 374 g/mol. The summed E-state index contributed by atoms with van der Waals surface area (Å²) in [5.74, 6) is 1.64. The Morgan fingerprint density at radius 2 is 1.56 bits per heavy atom. The van der Waals surface area contributed by atoms with Gasteiger partial charge >= 0.3 is 6.18 Å². The van der Waals surface area contributed by atoms with E-state index in [2.05, 4.69) is 20.6 Å². The molecule has 8 heteroatoms.